The summed E-state index contributed by atoms with van der Waals surface area (Å²) >= 11 is 0. The molecule has 0 saturated carbocycles. The van der Waals surface area contributed by atoms with Gasteiger partial charge in [0.25, 0.3) is 10.1 Å². The van der Waals surface area contributed by atoms with Crippen molar-refractivity contribution in [1.82, 2.24) is 0 Å². The van der Waals surface area contributed by atoms with E-state index in [0.717, 1.165) is 43.5 Å². The molecule has 0 amide bonds. The number of hydrogen-bond acceptors (Lipinski definition) is 9. The molecular weight excluding hydrogens is 889 g/mol. The topological polar surface area (TPSA) is 173 Å². The average Bonchev–Trinajstić information content (AvgIpc) is 3.25. The number of unbranched alkanes of at least 4 members (excludes halogenated alkanes) is 22. The third-order valence-electron chi connectivity index (χ3n) is 11.3. The molecule has 356 valence electrons. The first-order valence-corrected chi connectivity index (χ1v) is 26.7. The van der Waals surface area contributed by atoms with E-state index in [1.807, 2.05) is 36.4 Å². The zero-order chi connectivity index (χ0) is 46.5. The van der Waals surface area contributed by atoms with Crippen molar-refractivity contribution in [2.24, 2.45) is 0 Å². The molecule has 4 aromatic rings. The van der Waals surface area contributed by atoms with E-state index in [1.165, 1.54) is 171 Å². The van der Waals surface area contributed by atoms with Crippen LogP contribution in [0.2, 0.25) is 0 Å². The van der Waals surface area contributed by atoms with Crippen molar-refractivity contribution in [2.75, 3.05) is 0 Å². The van der Waals surface area contributed by atoms with Crippen LogP contribution >= 0.6 is 0 Å². The SMILES string of the molecule is CCCCCCCCCCCCCCc1ccc(Oc2cc(O)cc(S(=O)(=O)O)c2)cc1.CCCCCCCCCCCCCCc1ccc(Oc2cc([O-])cc(S(=O)(=O)[O-])c2)cc1.[Ca+2]. The summed E-state index contributed by atoms with van der Waals surface area (Å²) in [6.07, 6.45) is 34.0. The van der Waals surface area contributed by atoms with Crippen molar-refractivity contribution >= 4 is 58.0 Å². The van der Waals surface area contributed by atoms with Gasteiger partial charge in [0.2, 0.25) is 0 Å². The zero-order valence-corrected chi connectivity index (χ0v) is 43.0. The Bertz CT molecular complexity index is 1940. The second kappa shape index (κ2) is 33.6. The molecule has 0 aliphatic heterocycles. The van der Waals surface area contributed by atoms with Gasteiger partial charge in [-0.15, -0.1) is 5.75 Å². The Morgan fingerprint density at radius 2 is 0.785 bits per heavy atom. The Balaban J connectivity index is 0.000000440. The molecule has 0 aliphatic carbocycles. The molecule has 0 atom stereocenters. The average molecular weight is 963 g/mol. The Kier molecular flexibility index (Phi) is 30.1. The van der Waals surface area contributed by atoms with E-state index in [4.69, 9.17) is 14.0 Å². The molecule has 2 N–H and O–H groups in total. The van der Waals surface area contributed by atoms with E-state index in [-0.39, 0.29) is 55.0 Å². The quantitative estimate of drug-likeness (QED) is 0.0272. The van der Waals surface area contributed by atoms with E-state index in [2.05, 4.69) is 13.8 Å². The van der Waals surface area contributed by atoms with Gasteiger partial charge < -0.3 is 24.2 Å². The minimum absolute atomic E-state index is 0. The molecule has 0 aromatic heterocycles. The molecule has 0 fully saturated rings. The van der Waals surface area contributed by atoms with Crippen molar-refractivity contribution in [2.45, 2.75) is 191 Å². The normalized spacial score (nSPS) is 11.4. The van der Waals surface area contributed by atoms with Gasteiger partial charge in [0.15, 0.2) is 0 Å². The van der Waals surface area contributed by atoms with Crippen molar-refractivity contribution < 1.29 is 45.6 Å². The van der Waals surface area contributed by atoms with Crippen LogP contribution in [0.3, 0.4) is 0 Å². The maximum absolute atomic E-state index is 11.6. The molecule has 0 radical (unpaired) electrons. The van der Waals surface area contributed by atoms with Crippen LogP contribution in [0.1, 0.15) is 179 Å². The van der Waals surface area contributed by atoms with Gasteiger partial charge >= 0.3 is 37.7 Å². The number of ether oxygens (including phenoxy) is 2. The van der Waals surface area contributed by atoms with Crippen LogP contribution in [0.4, 0.5) is 0 Å². The maximum atomic E-state index is 11.6. The molecule has 0 unspecified atom stereocenters. The molecule has 4 aromatic carbocycles. The predicted molar refractivity (Wildman–Crippen MR) is 260 cm³/mol. The van der Waals surface area contributed by atoms with Gasteiger partial charge in [-0.3, -0.25) is 4.55 Å². The molecule has 10 nitrogen and oxygen atoms in total. The summed E-state index contributed by atoms with van der Waals surface area (Å²) in [5, 5.41) is 21.3. The van der Waals surface area contributed by atoms with E-state index in [0.29, 0.717) is 11.5 Å². The number of phenolic OH excluding ortho intramolecular Hbond substituents is 1. The minimum atomic E-state index is -4.70. The standard InChI is InChI=1S/2C26H38O5S.Ca/c2*1-2-3-4-5-6-7-8-9-10-11-12-13-14-22-15-17-24(18-16-22)31-25-19-23(27)20-26(21-25)32(28,29)30;/h2*15-21,27H,2-14H2,1H3,(H,28,29,30);/q;;+2/p-2. The van der Waals surface area contributed by atoms with Gasteiger partial charge in [-0.05, 0) is 73.2 Å². The summed E-state index contributed by atoms with van der Waals surface area (Å²) in [5.41, 5.74) is 2.45. The van der Waals surface area contributed by atoms with Gasteiger partial charge in [0.05, 0.1) is 4.90 Å². The second-order valence-electron chi connectivity index (χ2n) is 17.0. The van der Waals surface area contributed by atoms with Crippen LogP contribution in [0.15, 0.2) is 94.7 Å². The minimum Gasteiger partial charge on any atom is -0.872 e. The summed E-state index contributed by atoms with van der Waals surface area (Å²) in [6, 6.07) is 21.7. The molecule has 0 saturated heterocycles. The number of hydrogen-bond donors (Lipinski definition) is 2. The summed E-state index contributed by atoms with van der Waals surface area (Å²) < 4.78 is 76.3. The largest absolute Gasteiger partial charge is 2.00 e. The third kappa shape index (κ3) is 26.9. The van der Waals surface area contributed by atoms with Crippen LogP contribution in [0, 0.1) is 0 Å². The van der Waals surface area contributed by atoms with Crippen molar-refractivity contribution in [3.8, 4) is 34.5 Å². The van der Waals surface area contributed by atoms with Gasteiger partial charge in [0.1, 0.15) is 43.8 Å². The molecule has 0 aliphatic rings. The second-order valence-corrected chi connectivity index (χ2v) is 19.8. The van der Waals surface area contributed by atoms with E-state index in [9.17, 15) is 31.6 Å². The van der Waals surface area contributed by atoms with Gasteiger partial charge in [0, 0.05) is 18.2 Å². The van der Waals surface area contributed by atoms with E-state index in [1.54, 1.807) is 12.1 Å². The van der Waals surface area contributed by atoms with Crippen molar-refractivity contribution in [3.63, 3.8) is 0 Å². The van der Waals surface area contributed by atoms with Crippen LogP contribution < -0.4 is 14.6 Å². The van der Waals surface area contributed by atoms with E-state index < -0.39 is 35.8 Å². The first kappa shape index (κ1) is 58.3. The number of phenols is 1. The fraction of sp³-hybridized carbons (Fsp3) is 0.538. The fourth-order valence-corrected chi connectivity index (χ4v) is 8.63. The molecule has 65 heavy (non-hydrogen) atoms. The van der Waals surface area contributed by atoms with Crippen LogP contribution in [0.5, 0.6) is 34.5 Å². The van der Waals surface area contributed by atoms with Crippen LogP contribution in [0.25, 0.3) is 0 Å². The predicted octanol–water partition coefficient (Wildman–Crippen LogP) is 14.0. The molecule has 0 heterocycles. The Hall–Kier alpha value is -2.84. The molecule has 0 spiro atoms. The maximum Gasteiger partial charge on any atom is 2.00 e. The van der Waals surface area contributed by atoms with Crippen LogP contribution in [-0.2, 0) is 33.1 Å². The van der Waals surface area contributed by atoms with E-state index >= 15 is 0 Å². The van der Waals surface area contributed by atoms with Crippen molar-refractivity contribution in [1.29, 1.82) is 0 Å². The summed E-state index contributed by atoms with van der Waals surface area (Å²) in [7, 11) is -9.12. The van der Waals surface area contributed by atoms with Crippen LogP contribution in [-0.4, -0.2) is 68.8 Å². The third-order valence-corrected chi connectivity index (χ3v) is 12.9. The summed E-state index contributed by atoms with van der Waals surface area (Å²) in [6.45, 7) is 4.51. The van der Waals surface area contributed by atoms with Crippen molar-refractivity contribution in [3.05, 3.63) is 96.1 Å². The number of rotatable bonds is 32. The Labute approximate surface area is 421 Å². The van der Waals surface area contributed by atoms with Gasteiger partial charge in [-0.1, -0.05) is 185 Å². The summed E-state index contributed by atoms with van der Waals surface area (Å²) in [5.74, 6) is 0.338. The monoisotopic (exact) mass is 962 g/mol. The molecular formula is C52H74CaO10S2. The molecule has 4 rings (SSSR count). The Morgan fingerprint density at radius 1 is 0.446 bits per heavy atom. The van der Waals surface area contributed by atoms with Gasteiger partial charge in [-0.25, -0.2) is 8.42 Å². The number of aromatic hydroxyl groups is 1. The molecule has 13 heteroatoms. The zero-order valence-electron chi connectivity index (χ0n) is 39.2. The first-order chi connectivity index (χ1) is 30.8. The number of aryl methyl sites for hydroxylation is 2. The smallest absolute Gasteiger partial charge is 0.872 e. The summed E-state index contributed by atoms with van der Waals surface area (Å²) in [4.78, 5) is -0.986. The molecule has 0 bridgehead atoms. The first-order valence-electron chi connectivity index (χ1n) is 23.9. The number of benzene rings is 4. The Morgan fingerprint density at radius 3 is 1.14 bits per heavy atom. The fourth-order valence-electron chi connectivity index (χ4n) is 7.57. The van der Waals surface area contributed by atoms with Gasteiger partial charge in [-0.2, -0.15) is 8.42 Å².